The fourth-order valence-electron chi connectivity index (χ4n) is 2.40. The van der Waals surface area contributed by atoms with E-state index in [0.717, 1.165) is 6.42 Å². The smallest absolute Gasteiger partial charge is 0.0596 e. The Morgan fingerprint density at radius 1 is 1.31 bits per heavy atom. The van der Waals surface area contributed by atoms with Gasteiger partial charge in [-0.3, -0.25) is 0 Å². The van der Waals surface area contributed by atoms with Gasteiger partial charge < -0.3 is 0 Å². The molecule has 0 bridgehead atoms. The highest BCUT2D eigenvalue weighted by Crippen LogP contribution is 2.45. The molecule has 0 heterocycles. The Hall–Kier alpha value is -0.490. The van der Waals surface area contributed by atoms with Crippen LogP contribution in [0.1, 0.15) is 46.9 Å². The first-order valence-electron chi connectivity index (χ1n) is 4.84. The molecule has 0 nitrogen and oxygen atoms in total. The van der Waals surface area contributed by atoms with Crippen molar-refractivity contribution in [3.05, 3.63) is 34.4 Å². The largest absolute Gasteiger partial charge is 0.118 e. The molecule has 0 saturated carbocycles. The molecule has 0 N–H and O–H groups in total. The van der Waals surface area contributed by atoms with Crippen LogP contribution in [0.4, 0.5) is 0 Å². The first-order chi connectivity index (χ1) is 6.09. The minimum Gasteiger partial charge on any atom is -0.118 e. The SMILES string of the molecule is Cc1cc(C)c2c(c1)C(C)CC2Cl. The Labute approximate surface area is 84.9 Å². The van der Waals surface area contributed by atoms with Gasteiger partial charge in [-0.2, -0.15) is 0 Å². The quantitative estimate of drug-likeness (QED) is 0.546. The fourth-order valence-corrected chi connectivity index (χ4v) is 2.97. The van der Waals surface area contributed by atoms with E-state index in [0.29, 0.717) is 5.92 Å². The molecule has 1 heteroatoms. The van der Waals surface area contributed by atoms with Crippen LogP contribution < -0.4 is 0 Å². The highest BCUT2D eigenvalue weighted by atomic mass is 35.5. The second kappa shape index (κ2) is 3.02. The highest BCUT2D eigenvalue weighted by Gasteiger charge is 2.27. The van der Waals surface area contributed by atoms with E-state index in [-0.39, 0.29) is 5.38 Å². The predicted molar refractivity (Wildman–Crippen MR) is 57.5 cm³/mol. The van der Waals surface area contributed by atoms with Gasteiger partial charge in [0.1, 0.15) is 0 Å². The summed E-state index contributed by atoms with van der Waals surface area (Å²) in [5.74, 6) is 0.635. The van der Waals surface area contributed by atoms with Crippen LogP contribution in [0, 0.1) is 13.8 Å². The highest BCUT2D eigenvalue weighted by molar-refractivity contribution is 6.21. The lowest BCUT2D eigenvalue weighted by atomic mass is 9.98. The Bertz CT molecular complexity index is 341. The molecule has 1 aromatic rings. The lowest BCUT2D eigenvalue weighted by Crippen LogP contribution is -1.91. The average molecular weight is 195 g/mol. The summed E-state index contributed by atoms with van der Waals surface area (Å²) in [5, 5.41) is 0.241. The molecule has 0 radical (unpaired) electrons. The Balaban J connectivity index is 2.63. The molecule has 1 aromatic carbocycles. The second-order valence-electron chi connectivity index (χ2n) is 4.19. The molecule has 0 aromatic heterocycles. The zero-order chi connectivity index (χ0) is 9.59. The summed E-state index contributed by atoms with van der Waals surface area (Å²) in [6, 6.07) is 4.52. The molecule has 0 saturated heterocycles. The number of alkyl halides is 1. The maximum absolute atomic E-state index is 6.30. The summed E-state index contributed by atoms with van der Waals surface area (Å²) in [7, 11) is 0. The number of halogens is 1. The standard InChI is InChI=1S/C12H15Cl/c1-7-4-9(3)12-10(5-7)8(2)6-11(12)13/h4-5,8,11H,6H2,1-3H3. The molecule has 2 unspecified atom stereocenters. The van der Waals surface area contributed by atoms with E-state index in [4.69, 9.17) is 11.6 Å². The third kappa shape index (κ3) is 1.38. The predicted octanol–water partition coefficient (Wildman–Crippen LogP) is 4.09. The van der Waals surface area contributed by atoms with Gasteiger partial charge in [0.15, 0.2) is 0 Å². The van der Waals surface area contributed by atoms with Crippen LogP contribution in [0.5, 0.6) is 0 Å². The first kappa shape index (κ1) is 9.08. The van der Waals surface area contributed by atoms with Gasteiger partial charge in [-0.25, -0.2) is 0 Å². The molecule has 0 amide bonds. The minimum absolute atomic E-state index is 0.241. The van der Waals surface area contributed by atoms with Crippen LogP contribution in [0.3, 0.4) is 0 Å². The monoisotopic (exact) mass is 194 g/mol. The van der Waals surface area contributed by atoms with Crippen LogP contribution in [0.2, 0.25) is 0 Å². The molecule has 2 rings (SSSR count). The van der Waals surface area contributed by atoms with Gasteiger partial charge in [-0.05, 0) is 42.9 Å². The Kier molecular flexibility index (Phi) is 2.11. The number of hydrogen-bond donors (Lipinski definition) is 0. The van der Waals surface area contributed by atoms with Gasteiger partial charge in [-0.1, -0.05) is 24.6 Å². The summed E-state index contributed by atoms with van der Waals surface area (Å²) >= 11 is 6.30. The van der Waals surface area contributed by atoms with E-state index >= 15 is 0 Å². The topological polar surface area (TPSA) is 0 Å². The summed E-state index contributed by atoms with van der Waals surface area (Å²) in [6.07, 6.45) is 1.10. The lowest BCUT2D eigenvalue weighted by molar-refractivity contribution is 0.732. The van der Waals surface area contributed by atoms with Crippen LogP contribution in [-0.2, 0) is 0 Å². The third-order valence-corrected chi connectivity index (χ3v) is 3.36. The van der Waals surface area contributed by atoms with Crippen molar-refractivity contribution in [2.45, 2.75) is 38.5 Å². The zero-order valence-corrected chi connectivity index (χ0v) is 9.15. The number of fused-ring (bicyclic) bond motifs is 1. The van der Waals surface area contributed by atoms with E-state index < -0.39 is 0 Å². The van der Waals surface area contributed by atoms with Gasteiger partial charge >= 0.3 is 0 Å². The van der Waals surface area contributed by atoms with E-state index in [2.05, 4.69) is 32.9 Å². The van der Waals surface area contributed by atoms with Crippen LogP contribution >= 0.6 is 11.6 Å². The molecule has 2 atom stereocenters. The van der Waals surface area contributed by atoms with Gasteiger partial charge in [0.25, 0.3) is 0 Å². The molecule has 1 aliphatic carbocycles. The fraction of sp³-hybridized carbons (Fsp3) is 0.500. The van der Waals surface area contributed by atoms with Crippen LogP contribution in [0.25, 0.3) is 0 Å². The molecule has 70 valence electrons. The average Bonchev–Trinajstić information content (AvgIpc) is 2.27. The van der Waals surface area contributed by atoms with Crippen LogP contribution in [0.15, 0.2) is 12.1 Å². The van der Waals surface area contributed by atoms with Crippen molar-refractivity contribution in [2.75, 3.05) is 0 Å². The van der Waals surface area contributed by atoms with E-state index in [9.17, 15) is 0 Å². The van der Waals surface area contributed by atoms with Crippen molar-refractivity contribution < 1.29 is 0 Å². The molecule has 13 heavy (non-hydrogen) atoms. The van der Waals surface area contributed by atoms with Crippen molar-refractivity contribution in [2.24, 2.45) is 0 Å². The number of aryl methyl sites for hydroxylation is 2. The van der Waals surface area contributed by atoms with E-state index in [1.807, 2.05) is 0 Å². The van der Waals surface area contributed by atoms with Crippen molar-refractivity contribution >= 4 is 11.6 Å². The number of benzene rings is 1. The molecule has 0 spiro atoms. The molecule has 0 fully saturated rings. The third-order valence-electron chi connectivity index (χ3n) is 2.97. The van der Waals surface area contributed by atoms with Crippen molar-refractivity contribution in [3.63, 3.8) is 0 Å². The van der Waals surface area contributed by atoms with Gasteiger partial charge in [0.05, 0.1) is 5.38 Å². The van der Waals surface area contributed by atoms with Crippen molar-refractivity contribution in [1.29, 1.82) is 0 Å². The zero-order valence-electron chi connectivity index (χ0n) is 8.39. The lowest BCUT2D eigenvalue weighted by Gasteiger charge is -2.09. The summed E-state index contributed by atoms with van der Waals surface area (Å²) < 4.78 is 0. The molecule has 1 aliphatic rings. The second-order valence-corrected chi connectivity index (χ2v) is 4.72. The number of rotatable bonds is 0. The minimum atomic E-state index is 0.241. The number of hydrogen-bond acceptors (Lipinski definition) is 0. The van der Waals surface area contributed by atoms with Crippen molar-refractivity contribution in [3.8, 4) is 0 Å². The van der Waals surface area contributed by atoms with Crippen LogP contribution in [-0.4, -0.2) is 0 Å². The van der Waals surface area contributed by atoms with Gasteiger partial charge in [-0.15, -0.1) is 11.6 Å². The summed E-state index contributed by atoms with van der Waals surface area (Å²) in [5.41, 5.74) is 5.57. The van der Waals surface area contributed by atoms with Gasteiger partial charge in [0.2, 0.25) is 0 Å². The normalized spacial score (nSPS) is 26.2. The van der Waals surface area contributed by atoms with E-state index in [1.54, 1.807) is 0 Å². The van der Waals surface area contributed by atoms with Crippen molar-refractivity contribution in [1.82, 2.24) is 0 Å². The Morgan fingerprint density at radius 3 is 2.69 bits per heavy atom. The van der Waals surface area contributed by atoms with E-state index in [1.165, 1.54) is 22.3 Å². The maximum atomic E-state index is 6.30. The molecular formula is C12H15Cl. The summed E-state index contributed by atoms with van der Waals surface area (Å²) in [4.78, 5) is 0. The first-order valence-corrected chi connectivity index (χ1v) is 5.28. The maximum Gasteiger partial charge on any atom is 0.0596 e. The van der Waals surface area contributed by atoms with Gasteiger partial charge in [0, 0.05) is 0 Å². The Morgan fingerprint density at radius 2 is 2.00 bits per heavy atom. The molecule has 0 aliphatic heterocycles. The molecular weight excluding hydrogens is 180 g/mol. The summed E-state index contributed by atoms with van der Waals surface area (Å²) in [6.45, 7) is 6.58.